The molecule has 2 heterocycles. The Bertz CT molecular complexity index is 434. The van der Waals surface area contributed by atoms with Gasteiger partial charge in [0.1, 0.15) is 0 Å². The Hall–Kier alpha value is -0.940. The molecule has 0 bridgehead atoms. The lowest BCUT2D eigenvalue weighted by Gasteiger charge is -2.37. The van der Waals surface area contributed by atoms with Crippen LogP contribution in [0.15, 0.2) is 30.3 Å². The van der Waals surface area contributed by atoms with Crippen LogP contribution in [0.4, 0.5) is 0 Å². The molecule has 0 saturated carbocycles. The summed E-state index contributed by atoms with van der Waals surface area (Å²) in [6, 6.07) is 11.4. The third kappa shape index (κ3) is 4.53. The van der Waals surface area contributed by atoms with Crippen molar-refractivity contribution in [3.05, 3.63) is 35.9 Å². The second kappa shape index (κ2) is 8.06. The molecule has 2 aliphatic rings. The van der Waals surface area contributed by atoms with Crippen LogP contribution in [-0.4, -0.2) is 50.1 Å². The molecular formula is C18H28N2O2. The third-order valence-corrected chi connectivity index (χ3v) is 4.72. The van der Waals surface area contributed by atoms with E-state index in [-0.39, 0.29) is 6.29 Å². The Morgan fingerprint density at radius 3 is 2.68 bits per heavy atom. The molecule has 1 N–H and O–H groups in total. The lowest BCUT2D eigenvalue weighted by molar-refractivity contribution is -0.0468. The maximum atomic E-state index is 5.48. The van der Waals surface area contributed by atoms with E-state index in [0.29, 0.717) is 12.0 Å². The third-order valence-electron chi connectivity index (χ3n) is 4.72. The predicted octanol–water partition coefficient (Wildman–Crippen LogP) is 2.25. The van der Waals surface area contributed by atoms with Gasteiger partial charge in [-0.2, -0.15) is 0 Å². The molecule has 3 rings (SSSR count). The van der Waals surface area contributed by atoms with Gasteiger partial charge in [0.2, 0.25) is 0 Å². The normalized spacial score (nSPS) is 27.3. The molecule has 0 aliphatic carbocycles. The van der Waals surface area contributed by atoms with Crippen LogP contribution in [0.25, 0.3) is 0 Å². The summed E-state index contributed by atoms with van der Waals surface area (Å²) in [4.78, 5) is 2.57. The van der Waals surface area contributed by atoms with Crippen LogP contribution >= 0.6 is 0 Å². The van der Waals surface area contributed by atoms with Crippen molar-refractivity contribution in [2.75, 3.05) is 32.8 Å². The lowest BCUT2D eigenvalue weighted by Crippen LogP contribution is -2.48. The zero-order valence-corrected chi connectivity index (χ0v) is 13.5. The molecule has 0 aromatic heterocycles. The van der Waals surface area contributed by atoms with Crippen molar-refractivity contribution in [3.8, 4) is 0 Å². The standard InChI is InChI=1S/C18H28N2O2/c1-15-13-20(14-16-5-3-2-4-6-16)10-8-17(15)19-9-7-18-21-11-12-22-18/h2-6,15,17-19H,7-14H2,1H3/t15-,17+/m0/s1. The summed E-state index contributed by atoms with van der Waals surface area (Å²) in [5.74, 6) is 0.683. The van der Waals surface area contributed by atoms with E-state index in [0.717, 1.165) is 32.7 Å². The van der Waals surface area contributed by atoms with Gasteiger partial charge in [-0.05, 0) is 24.4 Å². The van der Waals surface area contributed by atoms with Crippen LogP contribution in [0, 0.1) is 5.92 Å². The molecule has 4 heteroatoms. The molecule has 1 aromatic carbocycles. The first-order valence-electron chi connectivity index (χ1n) is 8.54. The molecule has 2 saturated heterocycles. The van der Waals surface area contributed by atoms with Gasteiger partial charge in [-0.3, -0.25) is 4.90 Å². The predicted molar refractivity (Wildman–Crippen MR) is 87.6 cm³/mol. The molecule has 0 spiro atoms. The number of piperidine rings is 1. The number of rotatable bonds is 6. The van der Waals surface area contributed by atoms with Gasteiger partial charge in [0, 0.05) is 32.1 Å². The number of hydrogen-bond acceptors (Lipinski definition) is 4. The minimum absolute atomic E-state index is 0.0148. The van der Waals surface area contributed by atoms with Gasteiger partial charge in [0.25, 0.3) is 0 Å². The first-order chi connectivity index (χ1) is 10.8. The van der Waals surface area contributed by atoms with Crippen molar-refractivity contribution in [1.82, 2.24) is 10.2 Å². The van der Waals surface area contributed by atoms with Gasteiger partial charge in [0.05, 0.1) is 13.2 Å². The monoisotopic (exact) mass is 304 g/mol. The highest BCUT2D eigenvalue weighted by atomic mass is 16.7. The number of nitrogens with zero attached hydrogens (tertiary/aromatic N) is 1. The SMILES string of the molecule is C[C@H]1CN(Cc2ccccc2)CC[C@H]1NCCC1OCCO1. The van der Waals surface area contributed by atoms with Crippen molar-refractivity contribution >= 4 is 0 Å². The van der Waals surface area contributed by atoms with E-state index in [4.69, 9.17) is 9.47 Å². The van der Waals surface area contributed by atoms with Crippen molar-refractivity contribution in [3.63, 3.8) is 0 Å². The topological polar surface area (TPSA) is 33.7 Å². The van der Waals surface area contributed by atoms with Gasteiger partial charge in [0.15, 0.2) is 6.29 Å². The zero-order valence-electron chi connectivity index (χ0n) is 13.5. The zero-order chi connectivity index (χ0) is 15.2. The second-order valence-electron chi connectivity index (χ2n) is 6.51. The Kier molecular flexibility index (Phi) is 5.84. The summed E-state index contributed by atoms with van der Waals surface area (Å²) in [6.45, 7) is 8.26. The van der Waals surface area contributed by atoms with Crippen LogP contribution in [0.1, 0.15) is 25.3 Å². The van der Waals surface area contributed by atoms with Gasteiger partial charge < -0.3 is 14.8 Å². The number of nitrogens with one attached hydrogen (secondary N) is 1. The number of hydrogen-bond donors (Lipinski definition) is 1. The highest BCUT2D eigenvalue weighted by molar-refractivity contribution is 5.14. The van der Waals surface area contributed by atoms with Crippen LogP contribution in [0.2, 0.25) is 0 Å². The molecule has 4 nitrogen and oxygen atoms in total. The molecule has 122 valence electrons. The van der Waals surface area contributed by atoms with Crippen LogP contribution in [0.5, 0.6) is 0 Å². The summed E-state index contributed by atoms with van der Waals surface area (Å²) in [5.41, 5.74) is 1.41. The molecule has 2 fully saturated rings. The average Bonchev–Trinajstić information content (AvgIpc) is 3.04. The molecule has 0 radical (unpaired) electrons. The van der Waals surface area contributed by atoms with Crippen molar-refractivity contribution in [1.29, 1.82) is 0 Å². The fourth-order valence-electron chi connectivity index (χ4n) is 3.48. The fourth-order valence-corrected chi connectivity index (χ4v) is 3.48. The largest absolute Gasteiger partial charge is 0.350 e. The van der Waals surface area contributed by atoms with Gasteiger partial charge >= 0.3 is 0 Å². The molecule has 0 amide bonds. The molecule has 0 unspecified atom stereocenters. The van der Waals surface area contributed by atoms with Crippen molar-refractivity contribution < 1.29 is 9.47 Å². The van der Waals surface area contributed by atoms with E-state index in [1.165, 1.54) is 25.1 Å². The van der Waals surface area contributed by atoms with E-state index in [2.05, 4.69) is 47.5 Å². The maximum Gasteiger partial charge on any atom is 0.159 e. The first-order valence-corrected chi connectivity index (χ1v) is 8.54. The smallest absolute Gasteiger partial charge is 0.159 e. The Labute approximate surface area is 133 Å². The molecule has 1 aromatic rings. The number of ether oxygens (including phenoxy) is 2. The van der Waals surface area contributed by atoms with Gasteiger partial charge in [-0.1, -0.05) is 37.3 Å². The Morgan fingerprint density at radius 1 is 1.18 bits per heavy atom. The summed E-state index contributed by atoms with van der Waals surface area (Å²) >= 11 is 0. The quantitative estimate of drug-likeness (QED) is 0.874. The summed E-state index contributed by atoms with van der Waals surface area (Å²) in [5, 5.41) is 3.70. The van der Waals surface area contributed by atoms with Crippen LogP contribution in [0.3, 0.4) is 0 Å². The van der Waals surface area contributed by atoms with Crippen LogP contribution in [-0.2, 0) is 16.0 Å². The molecular weight excluding hydrogens is 276 g/mol. The van der Waals surface area contributed by atoms with E-state index in [1.807, 2.05) is 0 Å². The van der Waals surface area contributed by atoms with Gasteiger partial charge in [-0.15, -0.1) is 0 Å². The van der Waals surface area contributed by atoms with E-state index < -0.39 is 0 Å². The lowest BCUT2D eigenvalue weighted by atomic mass is 9.93. The van der Waals surface area contributed by atoms with Crippen molar-refractivity contribution in [2.45, 2.75) is 38.6 Å². The maximum absolute atomic E-state index is 5.48. The molecule has 22 heavy (non-hydrogen) atoms. The van der Waals surface area contributed by atoms with Crippen molar-refractivity contribution in [2.24, 2.45) is 5.92 Å². The molecule has 2 atom stereocenters. The van der Waals surface area contributed by atoms with Crippen LogP contribution < -0.4 is 5.32 Å². The average molecular weight is 304 g/mol. The first kappa shape index (κ1) is 15.9. The Balaban J connectivity index is 1.38. The highest BCUT2D eigenvalue weighted by Crippen LogP contribution is 2.19. The Morgan fingerprint density at radius 2 is 1.95 bits per heavy atom. The van der Waals surface area contributed by atoms with E-state index >= 15 is 0 Å². The van der Waals surface area contributed by atoms with E-state index in [1.54, 1.807) is 0 Å². The minimum atomic E-state index is 0.0148. The fraction of sp³-hybridized carbons (Fsp3) is 0.667. The summed E-state index contributed by atoms with van der Waals surface area (Å²) in [6.07, 6.45) is 2.19. The molecule has 2 aliphatic heterocycles. The number of benzene rings is 1. The van der Waals surface area contributed by atoms with E-state index in [9.17, 15) is 0 Å². The second-order valence-corrected chi connectivity index (χ2v) is 6.51. The summed E-state index contributed by atoms with van der Waals surface area (Å²) in [7, 11) is 0. The number of likely N-dealkylation sites (tertiary alicyclic amines) is 1. The summed E-state index contributed by atoms with van der Waals surface area (Å²) < 4.78 is 11.0. The highest BCUT2D eigenvalue weighted by Gasteiger charge is 2.26. The van der Waals surface area contributed by atoms with Gasteiger partial charge in [-0.25, -0.2) is 0 Å². The minimum Gasteiger partial charge on any atom is -0.350 e.